The second-order valence-corrected chi connectivity index (χ2v) is 8.83. The van der Waals surface area contributed by atoms with Gasteiger partial charge in [-0.25, -0.2) is 0 Å². The van der Waals surface area contributed by atoms with Gasteiger partial charge in [-0.05, 0) is 35.6 Å². The molecule has 4 rings (SSSR count). The van der Waals surface area contributed by atoms with Crippen molar-refractivity contribution >= 4 is 11.6 Å². The van der Waals surface area contributed by atoms with E-state index in [1.54, 1.807) is 0 Å². The Bertz CT molecular complexity index is 793. The number of amides is 1. The second kappa shape index (κ2) is 10.6. The molecule has 1 N–H and O–H groups in total. The van der Waals surface area contributed by atoms with E-state index in [1.807, 2.05) is 0 Å². The molecule has 30 heavy (non-hydrogen) atoms. The van der Waals surface area contributed by atoms with Crippen LogP contribution in [0.1, 0.15) is 49.7 Å². The van der Waals surface area contributed by atoms with Crippen molar-refractivity contribution in [2.45, 2.75) is 51.6 Å². The van der Waals surface area contributed by atoms with Crippen molar-refractivity contribution in [3.8, 4) is 0 Å². The Hall–Kier alpha value is -2.33. The highest BCUT2D eigenvalue weighted by atomic mass is 16.1. The molecule has 1 saturated carbocycles. The van der Waals surface area contributed by atoms with Crippen molar-refractivity contribution in [3.63, 3.8) is 0 Å². The third kappa shape index (κ3) is 5.85. The summed E-state index contributed by atoms with van der Waals surface area (Å²) in [5.41, 5.74) is 3.90. The highest BCUT2D eigenvalue weighted by Gasteiger charge is 2.19. The molecule has 2 aliphatic rings. The maximum absolute atomic E-state index is 12.3. The van der Waals surface area contributed by atoms with E-state index in [-0.39, 0.29) is 5.91 Å². The maximum Gasteiger partial charge on any atom is 0.220 e. The van der Waals surface area contributed by atoms with Crippen LogP contribution in [0.15, 0.2) is 54.6 Å². The molecule has 1 saturated heterocycles. The minimum Gasteiger partial charge on any atom is -0.369 e. The number of carbonyl (C=O) groups excluding carboxylic acids is 1. The average Bonchev–Trinajstić information content (AvgIpc) is 3.32. The molecule has 0 bridgehead atoms. The predicted octanol–water partition coefficient (Wildman–Crippen LogP) is 4.60. The summed E-state index contributed by atoms with van der Waals surface area (Å²) in [6, 6.07) is 19.2. The Morgan fingerprint density at radius 3 is 2.27 bits per heavy atom. The lowest BCUT2D eigenvalue weighted by Gasteiger charge is -2.36. The Morgan fingerprint density at radius 1 is 0.867 bits per heavy atom. The lowest BCUT2D eigenvalue weighted by Crippen LogP contribution is -2.46. The zero-order valence-corrected chi connectivity index (χ0v) is 18.1. The summed E-state index contributed by atoms with van der Waals surface area (Å²) >= 11 is 0. The molecular weight excluding hydrogens is 370 g/mol. The van der Waals surface area contributed by atoms with Crippen molar-refractivity contribution in [2.75, 3.05) is 31.1 Å². The number of nitrogens with zero attached hydrogens (tertiary/aromatic N) is 2. The Balaban J connectivity index is 1.24. The van der Waals surface area contributed by atoms with E-state index in [0.717, 1.165) is 45.1 Å². The summed E-state index contributed by atoms with van der Waals surface area (Å²) in [5, 5.41) is 3.16. The first-order chi connectivity index (χ1) is 14.8. The molecular formula is C26H35N3O. The molecule has 0 unspecified atom stereocenters. The van der Waals surface area contributed by atoms with Gasteiger partial charge in [-0.3, -0.25) is 9.69 Å². The van der Waals surface area contributed by atoms with Gasteiger partial charge in [0.25, 0.3) is 0 Å². The molecule has 0 spiro atoms. The number of hydrogen-bond acceptors (Lipinski definition) is 3. The zero-order chi connectivity index (χ0) is 20.6. The normalized spacial score (nSPS) is 17.9. The first-order valence-electron chi connectivity index (χ1n) is 11.6. The van der Waals surface area contributed by atoms with Crippen LogP contribution in [0.4, 0.5) is 5.69 Å². The van der Waals surface area contributed by atoms with Gasteiger partial charge < -0.3 is 10.2 Å². The molecule has 1 heterocycles. The summed E-state index contributed by atoms with van der Waals surface area (Å²) in [6.45, 7) is 5.85. The van der Waals surface area contributed by atoms with Crippen LogP contribution in [0.5, 0.6) is 0 Å². The largest absolute Gasteiger partial charge is 0.369 e. The Labute approximate surface area is 181 Å². The highest BCUT2D eigenvalue weighted by Crippen LogP contribution is 2.28. The maximum atomic E-state index is 12.3. The van der Waals surface area contributed by atoms with E-state index in [2.05, 4.69) is 69.7 Å². The molecule has 4 nitrogen and oxygen atoms in total. The topological polar surface area (TPSA) is 35.6 Å². The van der Waals surface area contributed by atoms with Crippen LogP contribution < -0.4 is 10.2 Å². The van der Waals surface area contributed by atoms with E-state index in [0.29, 0.717) is 13.0 Å². The van der Waals surface area contributed by atoms with Crippen molar-refractivity contribution in [3.05, 3.63) is 65.7 Å². The van der Waals surface area contributed by atoms with Gasteiger partial charge in [0.15, 0.2) is 0 Å². The van der Waals surface area contributed by atoms with Crippen LogP contribution in [-0.2, 0) is 17.9 Å². The molecule has 4 heteroatoms. The fourth-order valence-corrected chi connectivity index (χ4v) is 4.84. The van der Waals surface area contributed by atoms with Crippen LogP contribution in [0.3, 0.4) is 0 Å². The quantitative estimate of drug-likeness (QED) is 0.697. The molecule has 1 aliphatic carbocycles. The summed E-state index contributed by atoms with van der Waals surface area (Å²) in [7, 11) is 0. The Morgan fingerprint density at radius 2 is 1.53 bits per heavy atom. The van der Waals surface area contributed by atoms with E-state index >= 15 is 0 Å². The van der Waals surface area contributed by atoms with Crippen LogP contribution in [0.2, 0.25) is 0 Å². The Kier molecular flexibility index (Phi) is 7.41. The van der Waals surface area contributed by atoms with Crippen LogP contribution in [0, 0.1) is 5.92 Å². The van der Waals surface area contributed by atoms with Gasteiger partial charge in [-0.2, -0.15) is 0 Å². The van der Waals surface area contributed by atoms with Crippen molar-refractivity contribution in [1.29, 1.82) is 0 Å². The summed E-state index contributed by atoms with van der Waals surface area (Å²) in [4.78, 5) is 17.3. The van der Waals surface area contributed by atoms with Crippen LogP contribution in [-0.4, -0.2) is 37.0 Å². The number of piperazine rings is 1. The van der Waals surface area contributed by atoms with Crippen LogP contribution in [0.25, 0.3) is 0 Å². The molecule has 2 aromatic carbocycles. The lowest BCUT2D eigenvalue weighted by molar-refractivity contribution is -0.121. The highest BCUT2D eigenvalue weighted by molar-refractivity contribution is 5.75. The molecule has 1 aliphatic heterocycles. The molecule has 2 fully saturated rings. The third-order valence-corrected chi connectivity index (χ3v) is 6.74. The van der Waals surface area contributed by atoms with Gasteiger partial charge in [-0.15, -0.1) is 0 Å². The second-order valence-electron chi connectivity index (χ2n) is 8.83. The van der Waals surface area contributed by atoms with E-state index in [1.165, 1.54) is 42.5 Å². The fourth-order valence-electron chi connectivity index (χ4n) is 4.84. The molecule has 160 valence electrons. The minimum absolute atomic E-state index is 0.202. The van der Waals surface area contributed by atoms with Crippen molar-refractivity contribution < 1.29 is 4.79 Å². The molecule has 2 aromatic rings. The SMILES string of the molecule is O=C(CCC1CCCC1)NCc1ccccc1CN1CCN(c2ccccc2)CC1. The van der Waals surface area contributed by atoms with E-state index in [4.69, 9.17) is 0 Å². The van der Waals surface area contributed by atoms with Gasteiger partial charge in [0.2, 0.25) is 5.91 Å². The van der Waals surface area contributed by atoms with Crippen LogP contribution >= 0.6 is 0 Å². The number of rotatable bonds is 8. The number of carbonyl (C=O) groups is 1. The summed E-state index contributed by atoms with van der Waals surface area (Å²) in [6.07, 6.45) is 7.05. The fraction of sp³-hybridized carbons (Fsp3) is 0.500. The van der Waals surface area contributed by atoms with Gasteiger partial charge >= 0.3 is 0 Å². The van der Waals surface area contributed by atoms with Gasteiger partial charge in [0.05, 0.1) is 0 Å². The van der Waals surface area contributed by atoms with Crippen molar-refractivity contribution in [1.82, 2.24) is 10.2 Å². The van der Waals surface area contributed by atoms with Gasteiger partial charge in [0, 0.05) is 51.4 Å². The first-order valence-corrected chi connectivity index (χ1v) is 11.6. The van der Waals surface area contributed by atoms with Gasteiger partial charge in [-0.1, -0.05) is 68.1 Å². The predicted molar refractivity (Wildman–Crippen MR) is 123 cm³/mol. The minimum atomic E-state index is 0.202. The summed E-state index contributed by atoms with van der Waals surface area (Å²) in [5.74, 6) is 0.978. The first kappa shape index (κ1) is 20.9. The lowest BCUT2D eigenvalue weighted by atomic mass is 10.0. The number of para-hydroxylation sites is 1. The number of nitrogens with one attached hydrogen (secondary N) is 1. The molecule has 0 atom stereocenters. The van der Waals surface area contributed by atoms with Crippen molar-refractivity contribution in [2.24, 2.45) is 5.92 Å². The van der Waals surface area contributed by atoms with E-state index < -0.39 is 0 Å². The average molecular weight is 406 g/mol. The van der Waals surface area contributed by atoms with E-state index in [9.17, 15) is 4.79 Å². The molecule has 1 amide bonds. The monoisotopic (exact) mass is 405 g/mol. The molecule has 0 radical (unpaired) electrons. The third-order valence-electron chi connectivity index (χ3n) is 6.74. The smallest absolute Gasteiger partial charge is 0.220 e. The number of benzene rings is 2. The standard InChI is InChI=1S/C26H35N3O/c30-26(15-14-22-8-4-5-9-22)27-20-23-10-6-7-11-24(23)21-28-16-18-29(19-17-28)25-12-2-1-3-13-25/h1-3,6-7,10-13,22H,4-5,8-9,14-21H2,(H,27,30). The van der Waals surface area contributed by atoms with Gasteiger partial charge in [0.1, 0.15) is 0 Å². The number of anilines is 1. The number of hydrogen-bond donors (Lipinski definition) is 1. The zero-order valence-electron chi connectivity index (χ0n) is 18.1. The summed E-state index contributed by atoms with van der Waals surface area (Å²) < 4.78 is 0. The molecule has 0 aromatic heterocycles.